The molecule has 1 fully saturated rings. The summed E-state index contributed by atoms with van der Waals surface area (Å²) in [6.07, 6.45) is 1.97. The molecule has 3 aliphatic rings. The van der Waals surface area contributed by atoms with Crippen molar-refractivity contribution in [3.05, 3.63) is 15.6 Å². The Hall–Kier alpha value is -0.940. The summed E-state index contributed by atoms with van der Waals surface area (Å²) < 4.78 is 12.9. The summed E-state index contributed by atoms with van der Waals surface area (Å²) in [5.74, 6) is 2.15. The molecule has 0 radical (unpaired) electrons. The van der Waals surface area contributed by atoms with Crippen LogP contribution < -0.4 is 19.7 Å². The highest BCUT2D eigenvalue weighted by Crippen LogP contribution is 2.51. The first-order chi connectivity index (χ1) is 9.36. The van der Waals surface area contributed by atoms with Crippen LogP contribution in [-0.2, 0) is 12.8 Å². The van der Waals surface area contributed by atoms with Gasteiger partial charge in [0.15, 0.2) is 0 Å². The van der Waals surface area contributed by atoms with Crippen LogP contribution in [0.15, 0.2) is 4.47 Å². The van der Waals surface area contributed by atoms with E-state index in [1.807, 2.05) is 0 Å². The molecule has 5 heteroatoms. The van der Waals surface area contributed by atoms with Gasteiger partial charge in [-0.3, -0.25) is 0 Å². The molecule has 1 saturated heterocycles. The molecule has 3 aliphatic heterocycles. The van der Waals surface area contributed by atoms with Crippen molar-refractivity contribution >= 4 is 21.6 Å². The quantitative estimate of drug-likeness (QED) is 0.853. The highest BCUT2D eigenvalue weighted by Gasteiger charge is 2.33. The molecule has 0 bridgehead atoms. The number of hydrogen-bond donors (Lipinski definition) is 1. The van der Waals surface area contributed by atoms with Gasteiger partial charge >= 0.3 is 0 Å². The Balaban J connectivity index is 1.89. The van der Waals surface area contributed by atoms with Gasteiger partial charge in [-0.1, -0.05) is 0 Å². The first-order valence-electron chi connectivity index (χ1n) is 6.94. The number of halogens is 1. The average molecular weight is 325 g/mol. The molecule has 4 rings (SSSR count). The fourth-order valence-corrected chi connectivity index (χ4v) is 3.98. The highest BCUT2D eigenvalue weighted by atomic mass is 79.9. The number of piperazine rings is 1. The molecule has 1 aromatic rings. The summed E-state index contributed by atoms with van der Waals surface area (Å²) in [5.41, 5.74) is 3.91. The molecule has 0 aromatic heterocycles. The monoisotopic (exact) mass is 324 g/mol. The maximum Gasteiger partial charge on any atom is 0.147 e. The minimum Gasteiger partial charge on any atom is -0.492 e. The van der Waals surface area contributed by atoms with Crippen LogP contribution in [-0.4, -0.2) is 39.4 Å². The van der Waals surface area contributed by atoms with Crippen LogP contribution in [0, 0.1) is 0 Å². The standard InChI is InChI=1S/C14H17BrN2O2/c15-11-9-1-7-19-14(9)12(10-2-8-18-13(10)11)17-5-3-16-4-6-17/h16H,1-8H2. The van der Waals surface area contributed by atoms with E-state index >= 15 is 0 Å². The number of fused-ring (bicyclic) bond motifs is 2. The van der Waals surface area contributed by atoms with Crippen LogP contribution in [0.3, 0.4) is 0 Å². The van der Waals surface area contributed by atoms with E-state index in [2.05, 4.69) is 26.1 Å². The normalized spacial score (nSPS) is 20.8. The van der Waals surface area contributed by atoms with Gasteiger partial charge < -0.3 is 19.7 Å². The predicted octanol–water partition coefficient (Wildman–Crippen LogP) is 1.73. The van der Waals surface area contributed by atoms with Gasteiger partial charge in [0.25, 0.3) is 0 Å². The molecule has 0 amide bonds. The Morgan fingerprint density at radius 1 is 0.947 bits per heavy atom. The molecular formula is C14H17BrN2O2. The number of nitrogens with zero attached hydrogens (tertiary/aromatic N) is 1. The summed E-state index contributed by atoms with van der Waals surface area (Å²) >= 11 is 3.71. The summed E-state index contributed by atoms with van der Waals surface area (Å²) in [4.78, 5) is 2.46. The third-order valence-electron chi connectivity index (χ3n) is 4.14. The first kappa shape index (κ1) is 11.9. The number of nitrogens with one attached hydrogen (secondary N) is 1. The third kappa shape index (κ3) is 1.75. The molecule has 3 heterocycles. The minimum atomic E-state index is 0.788. The molecule has 19 heavy (non-hydrogen) atoms. The maximum absolute atomic E-state index is 5.94. The maximum atomic E-state index is 5.94. The highest BCUT2D eigenvalue weighted by molar-refractivity contribution is 9.10. The van der Waals surface area contributed by atoms with Gasteiger partial charge in [-0.05, 0) is 15.9 Å². The lowest BCUT2D eigenvalue weighted by molar-refractivity contribution is 0.354. The van der Waals surface area contributed by atoms with Crippen LogP contribution in [0.4, 0.5) is 5.69 Å². The number of anilines is 1. The summed E-state index contributed by atoms with van der Waals surface area (Å²) in [5, 5.41) is 3.41. The average Bonchev–Trinajstić information content (AvgIpc) is 3.09. The van der Waals surface area contributed by atoms with Crippen LogP contribution >= 0.6 is 15.9 Å². The van der Waals surface area contributed by atoms with Gasteiger partial charge in [-0.2, -0.15) is 0 Å². The molecule has 4 nitrogen and oxygen atoms in total. The van der Waals surface area contributed by atoms with E-state index in [1.54, 1.807) is 0 Å². The van der Waals surface area contributed by atoms with E-state index in [-0.39, 0.29) is 0 Å². The smallest absolute Gasteiger partial charge is 0.147 e. The summed E-state index contributed by atoms with van der Waals surface area (Å²) in [6, 6.07) is 0. The molecule has 102 valence electrons. The van der Waals surface area contributed by atoms with E-state index in [0.717, 1.165) is 68.2 Å². The molecular weight excluding hydrogens is 308 g/mol. The van der Waals surface area contributed by atoms with Crippen LogP contribution in [0.2, 0.25) is 0 Å². The molecule has 0 atom stereocenters. The Kier molecular flexibility index (Phi) is 2.84. The first-order valence-corrected chi connectivity index (χ1v) is 7.74. The van der Waals surface area contributed by atoms with E-state index in [1.165, 1.54) is 16.8 Å². The zero-order valence-electron chi connectivity index (χ0n) is 10.8. The van der Waals surface area contributed by atoms with Crippen molar-refractivity contribution in [3.8, 4) is 11.5 Å². The van der Waals surface area contributed by atoms with Crippen molar-refractivity contribution in [2.45, 2.75) is 12.8 Å². The largest absolute Gasteiger partial charge is 0.492 e. The Morgan fingerprint density at radius 2 is 1.63 bits per heavy atom. The second-order valence-electron chi connectivity index (χ2n) is 5.21. The molecule has 0 spiro atoms. The van der Waals surface area contributed by atoms with Crippen molar-refractivity contribution in [3.63, 3.8) is 0 Å². The van der Waals surface area contributed by atoms with Gasteiger partial charge in [-0.15, -0.1) is 0 Å². The van der Waals surface area contributed by atoms with Crippen molar-refractivity contribution in [1.29, 1.82) is 0 Å². The lowest BCUT2D eigenvalue weighted by Crippen LogP contribution is -2.44. The fourth-order valence-electron chi connectivity index (χ4n) is 3.25. The lowest BCUT2D eigenvalue weighted by atomic mass is 10.0. The molecule has 0 unspecified atom stereocenters. The topological polar surface area (TPSA) is 33.7 Å². The zero-order chi connectivity index (χ0) is 12.8. The Morgan fingerprint density at radius 3 is 2.42 bits per heavy atom. The van der Waals surface area contributed by atoms with E-state index < -0.39 is 0 Å². The lowest BCUT2D eigenvalue weighted by Gasteiger charge is -2.32. The number of rotatable bonds is 1. The van der Waals surface area contributed by atoms with Crippen molar-refractivity contribution in [2.75, 3.05) is 44.3 Å². The molecule has 0 aliphatic carbocycles. The van der Waals surface area contributed by atoms with E-state index in [4.69, 9.17) is 9.47 Å². The van der Waals surface area contributed by atoms with Crippen LogP contribution in [0.25, 0.3) is 0 Å². The Bertz CT molecular complexity index is 492. The fraction of sp³-hybridized carbons (Fsp3) is 0.571. The third-order valence-corrected chi connectivity index (χ3v) is 4.98. The van der Waals surface area contributed by atoms with Gasteiger partial charge in [0.2, 0.25) is 0 Å². The summed E-state index contributed by atoms with van der Waals surface area (Å²) in [6.45, 7) is 5.75. The predicted molar refractivity (Wildman–Crippen MR) is 77.6 cm³/mol. The summed E-state index contributed by atoms with van der Waals surface area (Å²) in [7, 11) is 0. The van der Waals surface area contributed by atoms with E-state index in [0.29, 0.717) is 0 Å². The van der Waals surface area contributed by atoms with Crippen LogP contribution in [0.1, 0.15) is 11.1 Å². The second kappa shape index (κ2) is 4.56. The second-order valence-corrected chi connectivity index (χ2v) is 6.00. The van der Waals surface area contributed by atoms with Crippen molar-refractivity contribution in [1.82, 2.24) is 5.32 Å². The number of hydrogen-bond acceptors (Lipinski definition) is 4. The van der Waals surface area contributed by atoms with Crippen molar-refractivity contribution in [2.24, 2.45) is 0 Å². The number of benzene rings is 1. The molecule has 0 saturated carbocycles. The van der Waals surface area contributed by atoms with Crippen molar-refractivity contribution < 1.29 is 9.47 Å². The molecule has 1 aromatic carbocycles. The van der Waals surface area contributed by atoms with E-state index in [9.17, 15) is 0 Å². The SMILES string of the molecule is Brc1c2c(c(N3CCNCC3)c3c1OCC3)OCC2. The van der Waals surface area contributed by atoms with Gasteiger partial charge in [0, 0.05) is 50.1 Å². The Labute approximate surface area is 121 Å². The number of ether oxygens (including phenoxy) is 2. The van der Waals surface area contributed by atoms with Gasteiger partial charge in [0.1, 0.15) is 11.5 Å². The zero-order valence-corrected chi connectivity index (χ0v) is 12.4. The minimum absolute atomic E-state index is 0.788. The van der Waals surface area contributed by atoms with Crippen LogP contribution in [0.5, 0.6) is 11.5 Å². The molecule has 1 N–H and O–H groups in total. The van der Waals surface area contributed by atoms with Gasteiger partial charge in [-0.25, -0.2) is 0 Å². The van der Waals surface area contributed by atoms with Gasteiger partial charge in [0.05, 0.1) is 23.4 Å².